The van der Waals surface area contributed by atoms with Gasteiger partial charge in [-0.05, 0) is 24.3 Å². The molecule has 25 heavy (non-hydrogen) atoms. The molecule has 134 valence electrons. The number of hydrogen-bond donors (Lipinski definition) is 2. The third-order valence-corrected chi connectivity index (χ3v) is 4.36. The van der Waals surface area contributed by atoms with Crippen LogP contribution in [0.5, 0.6) is 5.75 Å². The van der Waals surface area contributed by atoms with Gasteiger partial charge in [-0.1, -0.05) is 23.1 Å². The fraction of sp³-hybridized carbons (Fsp3) is 0.231. The van der Waals surface area contributed by atoms with Gasteiger partial charge in [-0.25, -0.2) is 0 Å². The molecule has 0 spiro atoms. The Morgan fingerprint density at radius 1 is 1.20 bits per heavy atom. The number of alkyl halides is 3. The molecule has 2 aromatic rings. The molecule has 0 aliphatic heterocycles. The van der Waals surface area contributed by atoms with E-state index in [2.05, 4.69) is 25.6 Å². The van der Waals surface area contributed by atoms with Crippen LogP contribution in [0.4, 0.5) is 24.0 Å². The van der Waals surface area contributed by atoms with Crippen LogP contribution in [0, 0.1) is 0 Å². The lowest BCUT2D eigenvalue weighted by Gasteiger charge is -2.09. The van der Waals surface area contributed by atoms with Crippen molar-refractivity contribution in [2.75, 3.05) is 16.4 Å². The maximum atomic E-state index is 12.1. The van der Waals surface area contributed by atoms with Crippen LogP contribution in [-0.2, 0) is 9.59 Å². The smallest absolute Gasteiger partial charge is 0.406 e. The molecule has 0 atom stereocenters. The third kappa shape index (κ3) is 6.97. The van der Waals surface area contributed by atoms with Gasteiger partial charge in [0.1, 0.15) is 5.75 Å². The third-order valence-electron chi connectivity index (χ3n) is 2.39. The zero-order valence-electron chi connectivity index (χ0n) is 12.6. The predicted molar refractivity (Wildman–Crippen MR) is 86.7 cm³/mol. The molecule has 7 nitrogen and oxygen atoms in total. The van der Waals surface area contributed by atoms with E-state index in [4.69, 9.17) is 0 Å². The molecule has 0 fully saturated rings. The zero-order valence-corrected chi connectivity index (χ0v) is 14.2. The van der Waals surface area contributed by atoms with E-state index >= 15 is 0 Å². The highest BCUT2D eigenvalue weighted by molar-refractivity contribution is 8.01. The van der Waals surface area contributed by atoms with Crippen LogP contribution < -0.4 is 15.4 Å². The van der Waals surface area contributed by atoms with Crippen molar-refractivity contribution in [2.45, 2.75) is 17.6 Å². The monoisotopic (exact) mass is 392 g/mol. The van der Waals surface area contributed by atoms with E-state index in [9.17, 15) is 22.8 Å². The Labute approximate surface area is 148 Å². The summed E-state index contributed by atoms with van der Waals surface area (Å²) in [6.45, 7) is 1.34. The minimum atomic E-state index is -4.76. The minimum absolute atomic E-state index is 0.0233. The molecular formula is C13H11F3N4O3S2. The number of benzene rings is 1. The van der Waals surface area contributed by atoms with Crippen molar-refractivity contribution in [3.63, 3.8) is 0 Å². The van der Waals surface area contributed by atoms with Crippen molar-refractivity contribution in [3.8, 4) is 5.75 Å². The number of carbonyl (C=O) groups excluding carboxylic acids is 2. The van der Waals surface area contributed by atoms with Gasteiger partial charge in [0.15, 0.2) is 4.34 Å². The predicted octanol–water partition coefficient (Wildman–Crippen LogP) is 3.13. The molecule has 0 bridgehead atoms. The second kappa shape index (κ2) is 8.16. The Bertz CT molecular complexity index is 750. The van der Waals surface area contributed by atoms with Crippen LogP contribution in [0.1, 0.15) is 6.92 Å². The molecule has 1 heterocycles. The Kier molecular flexibility index (Phi) is 6.20. The summed E-state index contributed by atoms with van der Waals surface area (Å²) in [4.78, 5) is 22.7. The van der Waals surface area contributed by atoms with Crippen LogP contribution in [-0.4, -0.2) is 34.1 Å². The summed E-state index contributed by atoms with van der Waals surface area (Å²) in [6, 6.07) is 4.79. The lowest BCUT2D eigenvalue weighted by molar-refractivity contribution is -0.274. The first-order valence-electron chi connectivity index (χ1n) is 6.61. The highest BCUT2D eigenvalue weighted by Crippen LogP contribution is 2.26. The summed E-state index contributed by atoms with van der Waals surface area (Å²) in [6.07, 6.45) is -4.76. The molecule has 0 radical (unpaired) electrons. The Morgan fingerprint density at radius 3 is 2.48 bits per heavy atom. The quantitative estimate of drug-likeness (QED) is 0.580. The molecule has 2 N–H and O–H groups in total. The van der Waals surface area contributed by atoms with Gasteiger partial charge in [-0.2, -0.15) is 0 Å². The van der Waals surface area contributed by atoms with Gasteiger partial charge < -0.3 is 15.4 Å². The SMILES string of the molecule is CC(=O)Nc1nnc(SCC(=O)Nc2ccc(OC(F)(F)F)cc2)s1. The summed E-state index contributed by atoms with van der Waals surface area (Å²) >= 11 is 2.24. The average molecular weight is 392 g/mol. The number of ether oxygens (including phenoxy) is 1. The molecule has 2 rings (SSSR count). The first kappa shape index (κ1) is 19.0. The number of nitrogens with one attached hydrogen (secondary N) is 2. The van der Waals surface area contributed by atoms with Gasteiger partial charge in [0.05, 0.1) is 5.75 Å². The Morgan fingerprint density at radius 2 is 1.88 bits per heavy atom. The van der Waals surface area contributed by atoms with E-state index in [-0.39, 0.29) is 23.3 Å². The van der Waals surface area contributed by atoms with Crippen molar-refractivity contribution < 1.29 is 27.5 Å². The van der Waals surface area contributed by atoms with Gasteiger partial charge in [0.2, 0.25) is 16.9 Å². The van der Waals surface area contributed by atoms with E-state index in [0.717, 1.165) is 35.2 Å². The van der Waals surface area contributed by atoms with Crippen molar-refractivity contribution in [1.29, 1.82) is 0 Å². The number of carbonyl (C=O) groups is 2. The van der Waals surface area contributed by atoms with Crippen LogP contribution in [0.2, 0.25) is 0 Å². The molecular weight excluding hydrogens is 381 g/mol. The number of nitrogens with zero attached hydrogens (tertiary/aromatic N) is 2. The van der Waals surface area contributed by atoms with E-state index in [1.54, 1.807) is 0 Å². The minimum Gasteiger partial charge on any atom is -0.406 e. The molecule has 2 amide bonds. The van der Waals surface area contributed by atoms with Crippen molar-refractivity contribution in [1.82, 2.24) is 10.2 Å². The zero-order chi connectivity index (χ0) is 18.4. The highest BCUT2D eigenvalue weighted by Gasteiger charge is 2.30. The summed E-state index contributed by atoms with van der Waals surface area (Å²) in [5, 5.41) is 12.9. The van der Waals surface area contributed by atoms with E-state index in [1.165, 1.54) is 19.1 Å². The number of aromatic nitrogens is 2. The first-order valence-corrected chi connectivity index (χ1v) is 8.41. The number of anilines is 2. The van der Waals surface area contributed by atoms with Crippen LogP contribution in [0.15, 0.2) is 28.6 Å². The largest absolute Gasteiger partial charge is 0.573 e. The molecule has 1 aromatic heterocycles. The number of thioether (sulfide) groups is 1. The standard InChI is InChI=1S/C13H11F3N4O3S2/c1-7(21)17-11-19-20-12(25-11)24-6-10(22)18-8-2-4-9(5-3-8)23-13(14,15)16/h2-5H,6H2,1H3,(H,18,22)(H,17,19,21). The Hall–Kier alpha value is -2.34. The van der Waals surface area contributed by atoms with Crippen LogP contribution in [0.25, 0.3) is 0 Å². The normalized spacial score (nSPS) is 11.0. The number of hydrogen-bond acceptors (Lipinski definition) is 7. The first-order chi connectivity index (χ1) is 11.7. The van der Waals surface area contributed by atoms with Gasteiger partial charge in [-0.15, -0.1) is 23.4 Å². The van der Waals surface area contributed by atoms with Gasteiger partial charge >= 0.3 is 6.36 Å². The van der Waals surface area contributed by atoms with Gasteiger partial charge in [0.25, 0.3) is 0 Å². The molecule has 0 aliphatic carbocycles. The van der Waals surface area contributed by atoms with Crippen molar-refractivity contribution in [2.24, 2.45) is 0 Å². The fourth-order valence-electron chi connectivity index (χ4n) is 1.53. The molecule has 0 aliphatic rings. The van der Waals surface area contributed by atoms with Gasteiger partial charge in [-0.3, -0.25) is 9.59 Å². The summed E-state index contributed by atoms with van der Waals surface area (Å²) in [5.74, 6) is -0.997. The summed E-state index contributed by atoms with van der Waals surface area (Å²) < 4.78 is 40.4. The van der Waals surface area contributed by atoms with Crippen molar-refractivity contribution >= 4 is 45.7 Å². The van der Waals surface area contributed by atoms with E-state index < -0.39 is 6.36 Å². The Balaban J connectivity index is 1.82. The second-order valence-electron chi connectivity index (χ2n) is 4.46. The molecule has 0 unspecified atom stereocenters. The number of rotatable bonds is 6. The molecule has 0 saturated carbocycles. The average Bonchev–Trinajstić information content (AvgIpc) is 2.92. The van der Waals surface area contributed by atoms with E-state index in [0.29, 0.717) is 15.2 Å². The lowest BCUT2D eigenvalue weighted by atomic mass is 10.3. The second-order valence-corrected chi connectivity index (χ2v) is 6.66. The van der Waals surface area contributed by atoms with Crippen molar-refractivity contribution in [3.05, 3.63) is 24.3 Å². The van der Waals surface area contributed by atoms with Crippen LogP contribution in [0.3, 0.4) is 0 Å². The number of halogens is 3. The maximum Gasteiger partial charge on any atom is 0.573 e. The van der Waals surface area contributed by atoms with E-state index in [1.807, 2.05) is 0 Å². The fourth-order valence-corrected chi connectivity index (χ4v) is 3.13. The maximum absolute atomic E-state index is 12.1. The molecule has 0 saturated heterocycles. The summed E-state index contributed by atoms with van der Waals surface area (Å²) in [5.41, 5.74) is 0.330. The summed E-state index contributed by atoms with van der Waals surface area (Å²) in [7, 11) is 0. The van der Waals surface area contributed by atoms with Crippen LogP contribution >= 0.6 is 23.1 Å². The molecule has 1 aromatic carbocycles. The van der Waals surface area contributed by atoms with Gasteiger partial charge in [0, 0.05) is 12.6 Å². The highest BCUT2D eigenvalue weighted by atomic mass is 32.2. The molecule has 12 heteroatoms. The number of amides is 2. The topological polar surface area (TPSA) is 93.2 Å². The lowest BCUT2D eigenvalue weighted by Crippen LogP contribution is -2.17.